The largest absolute Gasteiger partial charge is 0.383 e. The Hall–Kier alpha value is -0.510. The van der Waals surface area contributed by atoms with Gasteiger partial charge in [-0.2, -0.15) is 0 Å². The Labute approximate surface area is 109 Å². The van der Waals surface area contributed by atoms with E-state index in [4.69, 9.17) is 4.74 Å². The van der Waals surface area contributed by atoms with Crippen molar-refractivity contribution < 1.29 is 4.74 Å². The first-order valence-electron chi connectivity index (χ1n) is 6.22. The maximum Gasteiger partial charge on any atom is 0.0587 e. The Morgan fingerprint density at radius 3 is 2.88 bits per heavy atom. The number of nitrogens with one attached hydrogen (secondary N) is 1. The quantitative estimate of drug-likeness (QED) is 0.540. The summed E-state index contributed by atoms with van der Waals surface area (Å²) in [6.07, 6.45) is 2.50. The van der Waals surface area contributed by atoms with E-state index < -0.39 is 0 Å². The third-order valence-corrected chi connectivity index (χ3v) is 3.57. The van der Waals surface area contributed by atoms with Crippen LogP contribution in [-0.2, 0) is 4.74 Å². The van der Waals surface area contributed by atoms with Gasteiger partial charge in [-0.25, -0.2) is 0 Å². The number of ether oxygens (including phenoxy) is 1. The lowest BCUT2D eigenvalue weighted by Crippen LogP contribution is -2.20. The lowest BCUT2D eigenvalue weighted by Gasteiger charge is -2.04. The second-order valence-electron chi connectivity index (χ2n) is 4.11. The van der Waals surface area contributed by atoms with Crippen molar-refractivity contribution in [1.82, 2.24) is 5.32 Å². The maximum atomic E-state index is 4.97. The fraction of sp³-hybridized carbons (Fsp3) is 0.571. The van der Waals surface area contributed by atoms with Crippen LogP contribution >= 0.6 is 11.8 Å². The summed E-state index contributed by atoms with van der Waals surface area (Å²) in [5.41, 5.74) is 1.34. The number of thioether (sulfide) groups is 1. The van der Waals surface area contributed by atoms with Gasteiger partial charge in [-0.15, -0.1) is 11.8 Å². The molecule has 1 aromatic rings. The third kappa shape index (κ3) is 7.42. The van der Waals surface area contributed by atoms with Crippen LogP contribution in [0, 0.1) is 6.92 Å². The molecule has 0 unspecified atom stereocenters. The van der Waals surface area contributed by atoms with Gasteiger partial charge < -0.3 is 10.1 Å². The number of benzene rings is 1. The number of unbranched alkanes of at least 4 members (excludes halogenated alkanes) is 1. The molecule has 0 aliphatic rings. The molecule has 0 amide bonds. The number of aryl methyl sites for hydroxylation is 1. The van der Waals surface area contributed by atoms with Crippen molar-refractivity contribution >= 4 is 11.8 Å². The van der Waals surface area contributed by atoms with E-state index in [2.05, 4.69) is 36.5 Å². The summed E-state index contributed by atoms with van der Waals surface area (Å²) in [7, 11) is 1.74. The van der Waals surface area contributed by atoms with E-state index in [-0.39, 0.29) is 0 Å². The van der Waals surface area contributed by atoms with Gasteiger partial charge in [0.2, 0.25) is 0 Å². The average molecular weight is 253 g/mol. The molecular weight excluding hydrogens is 230 g/mol. The van der Waals surface area contributed by atoms with Crippen LogP contribution in [0.3, 0.4) is 0 Å². The molecule has 17 heavy (non-hydrogen) atoms. The normalized spacial score (nSPS) is 10.7. The first-order chi connectivity index (χ1) is 8.33. The predicted octanol–water partition coefficient (Wildman–Crippen LogP) is 3.10. The van der Waals surface area contributed by atoms with Crippen LogP contribution in [0.1, 0.15) is 18.4 Å². The molecule has 2 nitrogen and oxygen atoms in total. The lowest BCUT2D eigenvalue weighted by molar-refractivity contribution is 0.199. The van der Waals surface area contributed by atoms with Crippen LogP contribution in [0.4, 0.5) is 0 Å². The highest BCUT2D eigenvalue weighted by molar-refractivity contribution is 7.99. The second-order valence-corrected chi connectivity index (χ2v) is 5.28. The van der Waals surface area contributed by atoms with Crippen molar-refractivity contribution in [3.63, 3.8) is 0 Å². The number of rotatable bonds is 9. The molecule has 1 aromatic carbocycles. The fourth-order valence-corrected chi connectivity index (χ4v) is 2.57. The molecule has 0 aliphatic carbocycles. The van der Waals surface area contributed by atoms with E-state index in [0.717, 1.165) is 19.7 Å². The monoisotopic (exact) mass is 253 g/mol. The van der Waals surface area contributed by atoms with Crippen molar-refractivity contribution in [1.29, 1.82) is 0 Å². The highest BCUT2D eigenvalue weighted by atomic mass is 32.2. The first kappa shape index (κ1) is 14.6. The molecule has 1 N–H and O–H groups in total. The number of methoxy groups -OCH3 is 1. The smallest absolute Gasteiger partial charge is 0.0587 e. The third-order valence-electron chi connectivity index (χ3n) is 2.49. The molecule has 96 valence electrons. The zero-order valence-corrected chi connectivity index (χ0v) is 11.7. The van der Waals surface area contributed by atoms with Crippen LogP contribution in [0.2, 0.25) is 0 Å². The van der Waals surface area contributed by atoms with Gasteiger partial charge in [0.15, 0.2) is 0 Å². The van der Waals surface area contributed by atoms with Gasteiger partial charge >= 0.3 is 0 Å². The van der Waals surface area contributed by atoms with Crippen molar-refractivity contribution in [3.8, 4) is 0 Å². The highest BCUT2D eigenvalue weighted by Gasteiger charge is 1.94. The summed E-state index contributed by atoms with van der Waals surface area (Å²) in [5, 5.41) is 3.36. The zero-order valence-electron chi connectivity index (χ0n) is 10.9. The van der Waals surface area contributed by atoms with E-state index >= 15 is 0 Å². The van der Waals surface area contributed by atoms with Crippen LogP contribution in [0.5, 0.6) is 0 Å². The van der Waals surface area contributed by atoms with Crippen LogP contribution < -0.4 is 5.32 Å². The minimum Gasteiger partial charge on any atom is -0.383 e. The summed E-state index contributed by atoms with van der Waals surface area (Å²) in [5.74, 6) is 1.20. The topological polar surface area (TPSA) is 21.3 Å². The Morgan fingerprint density at radius 2 is 2.12 bits per heavy atom. The maximum absolute atomic E-state index is 4.97. The summed E-state index contributed by atoms with van der Waals surface area (Å²) in [6, 6.07) is 8.71. The van der Waals surface area contributed by atoms with Crippen molar-refractivity contribution in [2.75, 3.05) is 32.6 Å². The predicted molar refractivity (Wildman–Crippen MR) is 75.9 cm³/mol. The summed E-state index contributed by atoms with van der Waals surface area (Å²) < 4.78 is 4.97. The SMILES string of the molecule is COCCNCCCCSc1cccc(C)c1. The minimum absolute atomic E-state index is 0.804. The molecule has 3 heteroatoms. The van der Waals surface area contributed by atoms with Crippen molar-refractivity contribution in [3.05, 3.63) is 29.8 Å². The second kappa shape index (κ2) is 9.51. The van der Waals surface area contributed by atoms with Gasteiger partial charge in [-0.05, 0) is 44.2 Å². The molecule has 0 fully saturated rings. The van der Waals surface area contributed by atoms with Crippen LogP contribution in [0.25, 0.3) is 0 Å². The van der Waals surface area contributed by atoms with Crippen molar-refractivity contribution in [2.45, 2.75) is 24.7 Å². The summed E-state index contributed by atoms with van der Waals surface area (Å²) >= 11 is 1.95. The van der Waals surface area contributed by atoms with Crippen LogP contribution in [-0.4, -0.2) is 32.6 Å². The highest BCUT2D eigenvalue weighted by Crippen LogP contribution is 2.19. The van der Waals surface area contributed by atoms with E-state index in [1.807, 2.05) is 11.8 Å². The van der Waals surface area contributed by atoms with Gasteiger partial charge in [0.05, 0.1) is 6.61 Å². The molecule has 0 bridgehead atoms. The minimum atomic E-state index is 0.804. The molecule has 0 saturated carbocycles. The number of hydrogen-bond acceptors (Lipinski definition) is 3. The lowest BCUT2D eigenvalue weighted by atomic mass is 10.2. The van der Waals surface area contributed by atoms with E-state index in [9.17, 15) is 0 Å². The fourth-order valence-electron chi connectivity index (χ4n) is 1.55. The van der Waals surface area contributed by atoms with E-state index in [1.165, 1.54) is 29.1 Å². The van der Waals surface area contributed by atoms with Gasteiger partial charge in [0.1, 0.15) is 0 Å². The van der Waals surface area contributed by atoms with Gasteiger partial charge in [-0.1, -0.05) is 17.7 Å². The van der Waals surface area contributed by atoms with Crippen molar-refractivity contribution in [2.24, 2.45) is 0 Å². The van der Waals surface area contributed by atoms with Gasteiger partial charge in [-0.3, -0.25) is 0 Å². The molecule has 0 aromatic heterocycles. The molecule has 0 radical (unpaired) electrons. The zero-order chi connectivity index (χ0) is 12.3. The molecule has 0 aliphatic heterocycles. The van der Waals surface area contributed by atoms with E-state index in [1.54, 1.807) is 7.11 Å². The Bertz CT molecular complexity index is 304. The molecule has 0 saturated heterocycles. The molecule has 1 rings (SSSR count). The van der Waals surface area contributed by atoms with Crippen LogP contribution in [0.15, 0.2) is 29.2 Å². The summed E-state index contributed by atoms with van der Waals surface area (Å²) in [6.45, 7) is 5.00. The van der Waals surface area contributed by atoms with E-state index in [0.29, 0.717) is 0 Å². The number of hydrogen-bond donors (Lipinski definition) is 1. The standard InChI is InChI=1S/C14H23NOS/c1-13-6-5-7-14(12-13)17-11-4-3-8-15-9-10-16-2/h5-7,12,15H,3-4,8-11H2,1-2H3. The Morgan fingerprint density at radius 1 is 1.24 bits per heavy atom. The molecular formula is C14H23NOS. The Kier molecular flexibility index (Phi) is 8.14. The molecule has 0 atom stereocenters. The van der Waals surface area contributed by atoms with Gasteiger partial charge in [0, 0.05) is 18.6 Å². The first-order valence-corrected chi connectivity index (χ1v) is 7.20. The Balaban J connectivity index is 1.97. The molecule has 0 spiro atoms. The summed E-state index contributed by atoms with van der Waals surface area (Å²) in [4.78, 5) is 1.39. The molecule has 0 heterocycles. The van der Waals surface area contributed by atoms with Gasteiger partial charge in [0.25, 0.3) is 0 Å². The average Bonchev–Trinajstić information content (AvgIpc) is 2.33.